The second-order valence-electron chi connectivity index (χ2n) is 4.95. The Bertz CT molecular complexity index is 862. The van der Waals surface area contributed by atoms with Gasteiger partial charge in [0.25, 0.3) is 5.91 Å². The van der Waals surface area contributed by atoms with Gasteiger partial charge >= 0.3 is 0 Å². The fraction of sp³-hybridized carbons (Fsp3) is 0.118. The van der Waals surface area contributed by atoms with Crippen molar-refractivity contribution >= 4 is 28.8 Å². The van der Waals surface area contributed by atoms with Crippen molar-refractivity contribution in [2.24, 2.45) is 0 Å². The highest BCUT2D eigenvalue weighted by Crippen LogP contribution is 2.36. The number of nitrogens with zero attached hydrogens (tertiary/aromatic N) is 2. The number of carbonyl (C=O) groups excluding carboxylic acids is 1. The Hall–Kier alpha value is -2.24. The van der Waals surface area contributed by atoms with Crippen LogP contribution in [0.15, 0.2) is 42.7 Å². The maximum absolute atomic E-state index is 11.9. The fourth-order valence-corrected chi connectivity index (χ4v) is 3.51. The van der Waals surface area contributed by atoms with E-state index in [2.05, 4.69) is 15.3 Å². The Morgan fingerprint density at radius 1 is 1.26 bits per heavy atom. The first-order valence-electron chi connectivity index (χ1n) is 7.00. The zero-order valence-electron chi connectivity index (χ0n) is 12.6. The number of nitrogens with one attached hydrogen (secondary N) is 1. The Balaban J connectivity index is 2.06. The molecule has 1 aromatic carbocycles. The van der Waals surface area contributed by atoms with Crippen LogP contribution in [0.3, 0.4) is 0 Å². The lowest BCUT2D eigenvalue weighted by Crippen LogP contribution is -2.18. The van der Waals surface area contributed by atoms with Crippen LogP contribution in [0.25, 0.3) is 21.0 Å². The smallest absolute Gasteiger partial charge is 0.252 e. The molecule has 0 aliphatic carbocycles. The average molecular weight is 344 g/mol. The van der Waals surface area contributed by atoms with E-state index in [1.165, 1.54) is 0 Å². The van der Waals surface area contributed by atoms with Gasteiger partial charge in [-0.25, -0.2) is 4.98 Å². The minimum Gasteiger partial charge on any atom is -0.355 e. The second-order valence-corrected chi connectivity index (χ2v) is 6.36. The fourth-order valence-electron chi connectivity index (χ4n) is 2.25. The molecule has 3 rings (SSSR count). The Labute approximate surface area is 143 Å². The number of thiazole rings is 1. The third kappa shape index (κ3) is 3.11. The molecule has 0 radical (unpaired) electrons. The molecule has 0 atom stereocenters. The topological polar surface area (TPSA) is 54.9 Å². The molecule has 1 amide bonds. The highest BCUT2D eigenvalue weighted by atomic mass is 35.5. The molecule has 1 N–H and O–H groups in total. The van der Waals surface area contributed by atoms with Gasteiger partial charge in [-0.2, -0.15) is 0 Å². The first-order chi connectivity index (χ1) is 11.1. The summed E-state index contributed by atoms with van der Waals surface area (Å²) in [6.45, 7) is 1.96. The summed E-state index contributed by atoms with van der Waals surface area (Å²) in [5, 5.41) is 3.94. The summed E-state index contributed by atoms with van der Waals surface area (Å²) < 4.78 is 0. The number of benzene rings is 1. The molecule has 6 heteroatoms. The lowest BCUT2D eigenvalue weighted by molar-refractivity contribution is 0.0963. The molecular formula is C17H14ClN3OS. The largest absolute Gasteiger partial charge is 0.355 e. The van der Waals surface area contributed by atoms with E-state index in [0.717, 1.165) is 26.7 Å². The van der Waals surface area contributed by atoms with Crippen LogP contribution in [0.4, 0.5) is 0 Å². The predicted molar refractivity (Wildman–Crippen MR) is 93.9 cm³/mol. The summed E-state index contributed by atoms with van der Waals surface area (Å²) in [7, 11) is 1.59. The molecule has 116 valence electrons. The predicted octanol–water partition coefficient (Wildman–Crippen LogP) is 4.19. The van der Waals surface area contributed by atoms with Crippen molar-refractivity contribution in [1.82, 2.24) is 15.3 Å². The number of rotatable bonds is 3. The molecule has 2 aromatic heterocycles. The van der Waals surface area contributed by atoms with Crippen molar-refractivity contribution in [2.75, 3.05) is 7.05 Å². The minimum atomic E-state index is -0.202. The van der Waals surface area contributed by atoms with Gasteiger partial charge < -0.3 is 5.32 Å². The normalized spacial score (nSPS) is 10.6. The molecular weight excluding hydrogens is 330 g/mol. The number of amides is 1. The molecule has 0 fully saturated rings. The number of carbonyl (C=O) groups is 1. The van der Waals surface area contributed by atoms with Crippen molar-refractivity contribution in [3.05, 3.63) is 59.0 Å². The lowest BCUT2D eigenvalue weighted by Gasteiger charge is -2.05. The third-order valence-electron chi connectivity index (χ3n) is 3.41. The SMILES string of the molecule is CNC(=O)c1cc(-c2sc(-c3cccnc3)nc2C)ccc1Cl. The van der Waals surface area contributed by atoms with Gasteiger partial charge in [0.15, 0.2) is 0 Å². The Kier molecular flexibility index (Phi) is 4.41. The molecule has 0 spiro atoms. The standard InChI is InChI=1S/C17H14ClN3OS/c1-10-15(23-17(21-10)12-4-3-7-20-9-12)11-5-6-14(18)13(8-11)16(22)19-2/h3-9H,1-2H3,(H,19,22). The van der Waals surface area contributed by atoms with E-state index >= 15 is 0 Å². The van der Waals surface area contributed by atoms with Gasteiger partial charge in [-0.3, -0.25) is 9.78 Å². The quantitative estimate of drug-likeness (QED) is 0.775. The van der Waals surface area contributed by atoms with Crippen molar-refractivity contribution < 1.29 is 4.79 Å². The molecule has 0 bridgehead atoms. The van der Waals surface area contributed by atoms with E-state index in [0.29, 0.717) is 10.6 Å². The van der Waals surface area contributed by atoms with Gasteiger partial charge in [0.2, 0.25) is 0 Å². The highest BCUT2D eigenvalue weighted by molar-refractivity contribution is 7.18. The van der Waals surface area contributed by atoms with Crippen molar-refractivity contribution in [1.29, 1.82) is 0 Å². The van der Waals surface area contributed by atoms with E-state index in [1.54, 1.807) is 42.9 Å². The van der Waals surface area contributed by atoms with Crippen LogP contribution in [0.2, 0.25) is 5.02 Å². The summed E-state index contributed by atoms with van der Waals surface area (Å²) in [4.78, 5) is 21.7. The van der Waals surface area contributed by atoms with Crippen LogP contribution in [-0.2, 0) is 0 Å². The monoisotopic (exact) mass is 343 g/mol. The molecule has 0 saturated heterocycles. The number of halogens is 1. The van der Waals surface area contributed by atoms with Gasteiger partial charge in [-0.1, -0.05) is 17.7 Å². The zero-order chi connectivity index (χ0) is 16.4. The van der Waals surface area contributed by atoms with Crippen LogP contribution in [0, 0.1) is 6.92 Å². The molecule has 0 aliphatic rings. The summed E-state index contributed by atoms with van der Waals surface area (Å²) in [5.41, 5.74) is 3.28. The van der Waals surface area contributed by atoms with Gasteiger partial charge in [0.1, 0.15) is 5.01 Å². The van der Waals surface area contributed by atoms with Crippen molar-refractivity contribution in [3.63, 3.8) is 0 Å². The molecule has 0 saturated carbocycles. The number of aromatic nitrogens is 2. The third-order valence-corrected chi connectivity index (χ3v) is 4.99. The van der Waals surface area contributed by atoms with E-state index in [-0.39, 0.29) is 5.91 Å². The zero-order valence-corrected chi connectivity index (χ0v) is 14.2. The molecule has 0 unspecified atom stereocenters. The van der Waals surface area contributed by atoms with E-state index < -0.39 is 0 Å². The number of hydrogen-bond acceptors (Lipinski definition) is 4. The van der Waals surface area contributed by atoms with Crippen LogP contribution in [0.1, 0.15) is 16.1 Å². The summed E-state index contributed by atoms with van der Waals surface area (Å²) >= 11 is 7.69. The van der Waals surface area contributed by atoms with Gasteiger partial charge in [0, 0.05) is 25.0 Å². The van der Waals surface area contributed by atoms with E-state index in [1.807, 2.05) is 25.1 Å². The van der Waals surface area contributed by atoms with Crippen LogP contribution < -0.4 is 5.32 Å². The maximum atomic E-state index is 11.9. The highest BCUT2D eigenvalue weighted by Gasteiger charge is 2.15. The van der Waals surface area contributed by atoms with Gasteiger partial charge in [0.05, 0.1) is 21.2 Å². The van der Waals surface area contributed by atoms with E-state index in [4.69, 9.17) is 11.6 Å². The van der Waals surface area contributed by atoms with Crippen LogP contribution in [-0.4, -0.2) is 22.9 Å². The maximum Gasteiger partial charge on any atom is 0.252 e. The second kappa shape index (κ2) is 6.48. The van der Waals surface area contributed by atoms with Gasteiger partial charge in [-0.15, -0.1) is 11.3 Å². The number of pyridine rings is 1. The van der Waals surface area contributed by atoms with Gasteiger partial charge in [-0.05, 0) is 36.8 Å². The summed E-state index contributed by atoms with van der Waals surface area (Å²) in [5.74, 6) is -0.202. The van der Waals surface area contributed by atoms with E-state index in [9.17, 15) is 4.79 Å². The number of aryl methyl sites for hydroxylation is 1. The van der Waals surface area contributed by atoms with Crippen molar-refractivity contribution in [2.45, 2.75) is 6.92 Å². The average Bonchev–Trinajstić information content (AvgIpc) is 2.97. The van der Waals surface area contributed by atoms with Crippen LogP contribution >= 0.6 is 22.9 Å². The molecule has 23 heavy (non-hydrogen) atoms. The van der Waals surface area contributed by atoms with Crippen molar-refractivity contribution in [3.8, 4) is 21.0 Å². The Morgan fingerprint density at radius 2 is 2.09 bits per heavy atom. The minimum absolute atomic E-state index is 0.202. The lowest BCUT2D eigenvalue weighted by atomic mass is 10.1. The Morgan fingerprint density at radius 3 is 2.78 bits per heavy atom. The van der Waals surface area contributed by atoms with Crippen LogP contribution in [0.5, 0.6) is 0 Å². The number of hydrogen-bond donors (Lipinski definition) is 1. The first-order valence-corrected chi connectivity index (χ1v) is 8.19. The molecule has 3 aromatic rings. The first kappa shape index (κ1) is 15.6. The summed E-state index contributed by atoms with van der Waals surface area (Å²) in [6.07, 6.45) is 3.53. The molecule has 4 nitrogen and oxygen atoms in total. The molecule has 2 heterocycles. The summed E-state index contributed by atoms with van der Waals surface area (Å²) in [6, 6.07) is 9.31. The molecule has 0 aliphatic heterocycles.